The number of nitrogens with two attached hydrogens (primary N) is 1. The maximum absolute atomic E-state index is 12.1. The number of amides is 1. The largest absolute Gasteiger partial charge is 0.389 e. The standard InChI is InChI=1S/C14H13ClN2OS2/c1-8(11-6-7-12(15)20-11)17-14(18)10-4-2-9(3-5-10)13(16)19/h2-8H,1H3,(H2,16,19)(H,17,18). The summed E-state index contributed by atoms with van der Waals surface area (Å²) < 4.78 is 0.710. The van der Waals surface area contributed by atoms with Crippen molar-refractivity contribution in [2.24, 2.45) is 5.73 Å². The van der Waals surface area contributed by atoms with Crippen molar-refractivity contribution in [3.05, 3.63) is 56.7 Å². The Labute approximate surface area is 131 Å². The highest BCUT2D eigenvalue weighted by molar-refractivity contribution is 7.80. The van der Waals surface area contributed by atoms with Crippen molar-refractivity contribution in [1.29, 1.82) is 0 Å². The molecular weight excluding hydrogens is 312 g/mol. The predicted molar refractivity (Wildman–Crippen MR) is 87.5 cm³/mol. The topological polar surface area (TPSA) is 55.1 Å². The average molecular weight is 325 g/mol. The van der Waals surface area contributed by atoms with E-state index < -0.39 is 0 Å². The Hall–Kier alpha value is -1.43. The molecule has 0 saturated carbocycles. The van der Waals surface area contributed by atoms with E-state index >= 15 is 0 Å². The van der Waals surface area contributed by atoms with Gasteiger partial charge in [-0.05, 0) is 31.2 Å². The molecule has 1 aromatic carbocycles. The smallest absolute Gasteiger partial charge is 0.251 e. The number of halogens is 1. The highest BCUT2D eigenvalue weighted by atomic mass is 35.5. The number of benzene rings is 1. The van der Waals surface area contributed by atoms with E-state index in [0.717, 1.165) is 10.4 Å². The average Bonchev–Trinajstić information content (AvgIpc) is 2.85. The summed E-state index contributed by atoms with van der Waals surface area (Å²) in [6, 6.07) is 10.5. The van der Waals surface area contributed by atoms with Crippen LogP contribution in [0.3, 0.4) is 0 Å². The fourth-order valence-corrected chi connectivity index (χ4v) is 2.90. The van der Waals surface area contributed by atoms with Crippen LogP contribution in [0.15, 0.2) is 36.4 Å². The Morgan fingerprint density at radius 1 is 1.25 bits per heavy atom. The Morgan fingerprint density at radius 2 is 1.85 bits per heavy atom. The van der Waals surface area contributed by atoms with Crippen molar-refractivity contribution in [3.8, 4) is 0 Å². The van der Waals surface area contributed by atoms with Crippen LogP contribution in [0.2, 0.25) is 4.34 Å². The van der Waals surface area contributed by atoms with Gasteiger partial charge in [-0.2, -0.15) is 0 Å². The van der Waals surface area contributed by atoms with Crippen LogP contribution in [0.5, 0.6) is 0 Å². The number of carbonyl (C=O) groups is 1. The van der Waals surface area contributed by atoms with E-state index in [1.165, 1.54) is 11.3 Å². The summed E-state index contributed by atoms with van der Waals surface area (Å²) >= 11 is 12.2. The second-order valence-electron chi connectivity index (χ2n) is 4.28. The van der Waals surface area contributed by atoms with E-state index in [2.05, 4.69) is 5.32 Å². The van der Waals surface area contributed by atoms with Crippen LogP contribution in [0.25, 0.3) is 0 Å². The molecule has 3 nitrogen and oxygen atoms in total. The fourth-order valence-electron chi connectivity index (χ4n) is 1.70. The van der Waals surface area contributed by atoms with Crippen molar-refractivity contribution in [1.82, 2.24) is 5.32 Å². The minimum absolute atomic E-state index is 0.0877. The molecule has 1 atom stereocenters. The van der Waals surface area contributed by atoms with Crippen molar-refractivity contribution < 1.29 is 4.79 Å². The molecular formula is C14H13ClN2OS2. The molecule has 0 bridgehead atoms. The van der Waals surface area contributed by atoms with E-state index in [-0.39, 0.29) is 11.9 Å². The first-order valence-electron chi connectivity index (χ1n) is 5.93. The molecule has 0 saturated heterocycles. The first-order chi connectivity index (χ1) is 9.47. The molecule has 0 aliphatic rings. The van der Waals surface area contributed by atoms with Crippen LogP contribution in [0.4, 0.5) is 0 Å². The first-order valence-corrected chi connectivity index (χ1v) is 7.53. The zero-order valence-corrected chi connectivity index (χ0v) is 13.1. The summed E-state index contributed by atoms with van der Waals surface area (Å²) in [5.41, 5.74) is 6.83. The van der Waals surface area contributed by atoms with Gasteiger partial charge in [0.2, 0.25) is 0 Å². The summed E-state index contributed by atoms with van der Waals surface area (Å²) in [5.74, 6) is -0.142. The quantitative estimate of drug-likeness (QED) is 0.846. The fraction of sp³-hybridized carbons (Fsp3) is 0.143. The van der Waals surface area contributed by atoms with E-state index in [0.29, 0.717) is 14.9 Å². The van der Waals surface area contributed by atoms with Gasteiger partial charge in [0.25, 0.3) is 5.91 Å². The van der Waals surface area contributed by atoms with Crippen LogP contribution in [-0.2, 0) is 0 Å². The van der Waals surface area contributed by atoms with Gasteiger partial charge in [0.05, 0.1) is 10.4 Å². The Bertz CT molecular complexity index is 637. The van der Waals surface area contributed by atoms with Crippen molar-refractivity contribution >= 4 is 46.1 Å². The van der Waals surface area contributed by atoms with Gasteiger partial charge in [0.15, 0.2) is 0 Å². The third kappa shape index (κ3) is 3.56. The molecule has 1 unspecified atom stereocenters. The lowest BCUT2D eigenvalue weighted by molar-refractivity contribution is 0.0940. The molecule has 104 valence electrons. The lowest BCUT2D eigenvalue weighted by Crippen LogP contribution is -2.26. The van der Waals surface area contributed by atoms with Gasteiger partial charge >= 0.3 is 0 Å². The zero-order valence-electron chi connectivity index (χ0n) is 10.7. The zero-order chi connectivity index (χ0) is 14.7. The molecule has 2 rings (SSSR count). The summed E-state index contributed by atoms with van der Waals surface area (Å²) in [6.45, 7) is 1.92. The number of thiophene rings is 1. The number of carbonyl (C=O) groups excluding carboxylic acids is 1. The van der Waals surface area contributed by atoms with E-state index in [1.54, 1.807) is 24.3 Å². The van der Waals surface area contributed by atoms with Crippen LogP contribution >= 0.6 is 35.2 Å². The number of thiocarbonyl (C=S) groups is 1. The van der Waals surface area contributed by atoms with Crippen LogP contribution in [-0.4, -0.2) is 10.9 Å². The third-order valence-electron chi connectivity index (χ3n) is 2.80. The summed E-state index contributed by atoms with van der Waals surface area (Å²) in [5, 5.41) is 2.92. The number of hydrogen-bond acceptors (Lipinski definition) is 3. The first kappa shape index (κ1) is 15.0. The number of nitrogens with one attached hydrogen (secondary N) is 1. The molecule has 2 aromatic rings. The molecule has 1 aromatic heterocycles. The highest BCUT2D eigenvalue weighted by Crippen LogP contribution is 2.26. The summed E-state index contributed by atoms with van der Waals surface area (Å²) in [7, 11) is 0. The minimum atomic E-state index is -0.142. The molecule has 1 heterocycles. The summed E-state index contributed by atoms with van der Waals surface area (Å²) in [4.78, 5) is 13.4. The lowest BCUT2D eigenvalue weighted by Gasteiger charge is -2.12. The van der Waals surface area contributed by atoms with Crippen molar-refractivity contribution in [2.45, 2.75) is 13.0 Å². The normalized spacial score (nSPS) is 11.9. The molecule has 1 amide bonds. The molecule has 0 spiro atoms. The van der Waals surface area contributed by atoms with Crippen molar-refractivity contribution in [3.63, 3.8) is 0 Å². The van der Waals surface area contributed by atoms with Crippen molar-refractivity contribution in [2.75, 3.05) is 0 Å². The highest BCUT2D eigenvalue weighted by Gasteiger charge is 2.13. The van der Waals surface area contributed by atoms with Gasteiger partial charge in [-0.25, -0.2) is 0 Å². The maximum Gasteiger partial charge on any atom is 0.251 e. The van der Waals surface area contributed by atoms with Crippen LogP contribution in [0, 0.1) is 0 Å². The molecule has 0 fully saturated rings. The molecule has 6 heteroatoms. The van der Waals surface area contributed by atoms with E-state index in [4.69, 9.17) is 29.6 Å². The molecule has 0 aliphatic heterocycles. The van der Waals surface area contributed by atoms with Gasteiger partial charge < -0.3 is 11.1 Å². The van der Waals surface area contributed by atoms with Gasteiger partial charge in [-0.3, -0.25) is 4.79 Å². The SMILES string of the molecule is CC(NC(=O)c1ccc(C(N)=S)cc1)c1ccc(Cl)s1. The Morgan fingerprint density at radius 3 is 2.35 bits per heavy atom. The minimum Gasteiger partial charge on any atom is -0.389 e. The van der Waals surface area contributed by atoms with Gasteiger partial charge in [0.1, 0.15) is 4.99 Å². The van der Waals surface area contributed by atoms with Gasteiger partial charge in [0, 0.05) is 16.0 Å². The molecule has 20 heavy (non-hydrogen) atoms. The van der Waals surface area contributed by atoms with Crippen LogP contribution in [0.1, 0.15) is 33.8 Å². The second kappa shape index (κ2) is 6.35. The van der Waals surface area contributed by atoms with E-state index in [9.17, 15) is 4.79 Å². The van der Waals surface area contributed by atoms with E-state index in [1.807, 2.05) is 19.1 Å². The Balaban J connectivity index is 2.06. The number of rotatable bonds is 4. The van der Waals surface area contributed by atoms with Gasteiger partial charge in [-0.1, -0.05) is 36.0 Å². The Kier molecular flexibility index (Phi) is 4.75. The molecule has 3 N–H and O–H groups in total. The molecule has 0 aliphatic carbocycles. The lowest BCUT2D eigenvalue weighted by atomic mass is 10.1. The monoisotopic (exact) mass is 324 g/mol. The number of hydrogen-bond donors (Lipinski definition) is 2. The molecule has 0 radical (unpaired) electrons. The third-order valence-corrected chi connectivity index (χ3v) is 4.45. The second-order valence-corrected chi connectivity index (χ2v) is 6.47. The van der Waals surface area contributed by atoms with Gasteiger partial charge in [-0.15, -0.1) is 11.3 Å². The predicted octanol–water partition coefficient (Wildman–Crippen LogP) is 3.53. The van der Waals surface area contributed by atoms with Crippen LogP contribution < -0.4 is 11.1 Å². The maximum atomic E-state index is 12.1. The summed E-state index contributed by atoms with van der Waals surface area (Å²) in [6.07, 6.45) is 0.